The molecule has 0 amide bonds. The zero-order chi connectivity index (χ0) is 5.82. The average molecular weight is 111 g/mol. The van der Waals surface area contributed by atoms with Gasteiger partial charge in [-0.05, 0) is 26.3 Å². The fourth-order valence-electron chi connectivity index (χ4n) is 1.11. The summed E-state index contributed by atoms with van der Waals surface area (Å²) in [5, 5.41) is 3.37. The van der Waals surface area contributed by atoms with E-state index in [1.54, 1.807) is 0 Å². The summed E-state index contributed by atoms with van der Waals surface area (Å²) in [5.74, 6) is 0. The lowest BCUT2D eigenvalue weighted by Crippen LogP contribution is -2.17. The summed E-state index contributed by atoms with van der Waals surface area (Å²) in [6.45, 7) is 3.27. The van der Waals surface area contributed by atoms with Crippen LogP contribution in [0.25, 0.3) is 0 Å². The van der Waals surface area contributed by atoms with Crippen molar-refractivity contribution in [2.75, 3.05) is 6.54 Å². The molecular formula is C7H13N. The van der Waals surface area contributed by atoms with E-state index in [1.807, 2.05) is 0 Å². The molecule has 0 radical (unpaired) electrons. The molecule has 0 bridgehead atoms. The molecule has 1 atom stereocenters. The van der Waals surface area contributed by atoms with E-state index in [9.17, 15) is 0 Å². The maximum atomic E-state index is 3.37. The van der Waals surface area contributed by atoms with Gasteiger partial charge in [-0.3, -0.25) is 0 Å². The van der Waals surface area contributed by atoms with Crippen LogP contribution in [0.1, 0.15) is 19.8 Å². The van der Waals surface area contributed by atoms with Crippen LogP contribution in [0.4, 0.5) is 0 Å². The molecule has 1 fully saturated rings. The highest BCUT2D eigenvalue weighted by molar-refractivity contribution is 4.93. The molecular weight excluding hydrogens is 98.1 g/mol. The van der Waals surface area contributed by atoms with Crippen LogP contribution < -0.4 is 5.32 Å². The van der Waals surface area contributed by atoms with E-state index in [0.29, 0.717) is 6.04 Å². The zero-order valence-corrected chi connectivity index (χ0v) is 5.35. The zero-order valence-electron chi connectivity index (χ0n) is 5.35. The minimum Gasteiger partial charge on any atom is -0.311 e. The number of hydrogen-bond acceptors (Lipinski definition) is 1. The molecule has 1 aliphatic rings. The van der Waals surface area contributed by atoms with Gasteiger partial charge < -0.3 is 5.32 Å². The van der Waals surface area contributed by atoms with E-state index in [4.69, 9.17) is 0 Å². The molecule has 1 saturated heterocycles. The first-order valence-corrected chi connectivity index (χ1v) is 3.29. The Morgan fingerprint density at radius 1 is 1.62 bits per heavy atom. The minimum absolute atomic E-state index is 0.681. The second-order valence-electron chi connectivity index (χ2n) is 2.23. The number of nitrogens with one attached hydrogen (secondary N) is 1. The maximum absolute atomic E-state index is 3.37. The molecule has 1 aliphatic heterocycles. The summed E-state index contributed by atoms with van der Waals surface area (Å²) in [5.41, 5.74) is 0. The molecule has 0 aromatic rings. The van der Waals surface area contributed by atoms with Crippen molar-refractivity contribution in [1.29, 1.82) is 0 Å². The number of allylic oxidation sites excluding steroid dienone is 1. The van der Waals surface area contributed by atoms with Crippen molar-refractivity contribution in [2.45, 2.75) is 25.8 Å². The van der Waals surface area contributed by atoms with Crippen molar-refractivity contribution in [1.82, 2.24) is 5.32 Å². The molecule has 8 heavy (non-hydrogen) atoms. The first kappa shape index (κ1) is 5.83. The minimum atomic E-state index is 0.681. The van der Waals surface area contributed by atoms with Gasteiger partial charge in [0.05, 0.1) is 0 Å². The van der Waals surface area contributed by atoms with Crippen molar-refractivity contribution >= 4 is 0 Å². The van der Waals surface area contributed by atoms with Gasteiger partial charge in [-0.1, -0.05) is 12.2 Å². The normalized spacial score (nSPS) is 29.9. The summed E-state index contributed by atoms with van der Waals surface area (Å²) < 4.78 is 0. The van der Waals surface area contributed by atoms with Gasteiger partial charge in [-0.15, -0.1) is 0 Å². The van der Waals surface area contributed by atoms with Crippen molar-refractivity contribution in [2.24, 2.45) is 0 Å². The monoisotopic (exact) mass is 111 g/mol. The Kier molecular flexibility index (Phi) is 2.10. The fraction of sp³-hybridized carbons (Fsp3) is 0.714. The summed E-state index contributed by atoms with van der Waals surface area (Å²) in [6, 6.07) is 0.681. The first-order chi connectivity index (χ1) is 3.93. The molecule has 1 heteroatoms. The summed E-state index contributed by atoms with van der Waals surface area (Å²) in [7, 11) is 0. The van der Waals surface area contributed by atoms with Crippen molar-refractivity contribution < 1.29 is 0 Å². The predicted octanol–water partition coefficient (Wildman–Crippen LogP) is 1.31. The Hall–Kier alpha value is -0.300. The molecule has 1 nitrogen and oxygen atoms in total. The molecule has 1 unspecified atom stereocenters. The van der Waals surface area contributed by atoms with Gasteiger partial charge in [-0.25, -0.2) is 0 Å². The lowest BCUT2D eigenvalue weighted by Gasteiger charge is -1.99. The lowest BCUT2D eigenvalue weighted by molar-refractivity contribution is 0.727. The van der Waals surface area contributed by atoms with Gasteiger partial charge in [0.25, 0.3) is 0 Å². The highest BCUT2D eigenvalue weighted by Crippen LogP contribution is 2.04. The van der Waals surface area contributed by atoms with E-state index in [0.717, 1.165) is 0 Å². The van der Waals surface area contributed by atoms with Crippen LogP contribution >= 0.6 is 0 Å². The Morgan fingerprint density at radius 2 is 2.50 bits per heavy atom. The number of hydrogen-bond donors (Lipinski definition) is 1. The quantitative estimate of drug-likeness (QED) is 0.503. The fourth-order valence-corrected chi connectivity index (χ4v) is 1.11. The Balaban J connectivity index is 2.24. The topological polar surface area (TPSA) is 12.0 Å². The average Bonchev–Trinajstić information content (AvgIpc) is 2.19. The molecule has 1 N–H and O–H groups in total. The number of rotatable bonds is 1. The van der Waals surface area contributed by atoms with Crippen LogP contribution in [0.2, 0.25) is 0 Å². The molecule has 0 aromatic heterocycles. The third-order valence-corrected chi connectivity index (χ3v) is 1.52. The molecule has 0 spiro atoms. The first-order valence-electron chi connectivity index (χ1n) is 3.29. The van der Waals surface area contributed by atoms with Crippen LogP contribution in [0.5, 0.6) is 0 Å². The van der Waals surface area contributed by atoms with Gasteiger partial charge in [0.2, 0.25) is 0 Å². The van der Waals surface area contributed by atoms with Crippen LogP contribution in [0, 0.1) is 0 Å². The van der Waals surface area contributed by atoms with Gasteiger partial charge in [0, 0.05) is 6.04 Å². The maximum Gasteiger partial charge on any atom is 0.0250 e. The van der Waals surface area contributed by atoms with Gasteiger partial charge >= 0.3 is 0 Å². The molecule has 1 rings (SSSR count). The summed E-state index contributed by atoms with van der Waals surface area (Å²) in [4.78, 5) is 0. The van der Waals surface area contributed by atoms with Gasteiger partial charge in [0.15, 0.2) is 0 Å². The molecule has 46 valence electrons. The Bertz CT molecular complexity index is 80.4. The standard InChI is InChI=1S/C7H13N/c1-2-4-7-5-3-6-8-7/h2,4,7-8H,3,5-6H2,1H3/b4-2+. The van der Waals surface area contributed by atoms with Crippen LogP contribution in [-0.4, -0.2) is 12.6 Å². The van der Waals surface area contributed by atoms with E-state index in [2.05, 4.69) is 24.4 Å². The van der Waals surface area contributed by atoms with Crippen LogP contribution in [0.3, 0.4) is 0 Å². The molecule has 1 heterocycles. The van der Waals surface area contributed by atoms with E-state index < -0.39 is 0 Å². The van der Waals surface area contributed by atoms with Crippen molar-refractivity contribution in [3.8, 4) is 0 Å². The molecule has 0 aliphatic carbocycles. The molecule has 0 aromatic carbocycles. The van der Waals surface area contributed by atoms with Crippen molar-refractivity contribution in [3.05, 3.63) is 12.2 Å². The van der Waals surface area contributed by atoms with Crippen LogP contribution in [-0.2, 0) is 0 Å². The largest absolute Gasteiger partial charge is 0.311 e. The van der Waals surface area contributed by atoms with E-state index in [-0.39, 0.29) is 0 Å². The SMILES string of the molecule is C/C=C/C1CCCN1. The van der Waals surface area contributed by atoms with E-state index >= 15 is 0 Å². The van der Waals surface area contributed by atoms with E-state index in [1.165, 1.54) is 19.4 Å². The van der Waals surface area contributed by atoms with Gasteiger partial charge in [-0.2, -0.15) is 0 Å². The summed E-state index contributed by atoms with van der Waals surface area (Å²) in [6.07, 6.45) is 7.01. The second-order valence-corrected chi connectivity index (χ2v) is 2.23. The smallest absolute Gasteiger partial charge is 0.0250 e. The Morgan fingerprint density at radius 3 is 3.00 bits per heavy atom. The van der Waals surface area contributed by atoms with Crippen molar-refractivity contribution in [3.63, 3.8) is 0 Å². The third-order valence-electron chi connectivity index (χ3n) is 1.52. The summed E-state index contributed by atoms with van der Waals surface area (Å²) >= 11 is 0. The Labute approximate surface area is 50.8 Å². The highest BCUT2D eigenvalue weighted by atomic mass is 14.9. The third kappa shape index (κ3) is 1.34. The molecule has 0 saturated carbocycles. The second kappa shape index (κ2) is 2.88. The lowest BCUT2D eigenvalue weighted by atomic mass is 10.2. The van der Waals surface area contributed by atoms with Crippen LogP contribution in [0.15, 0.2) is 12.2 Å². The predicted molar refractivity (Wildman–Crippen MR) is 35.8 cm³/mol. The van der Waals surface area contributed by atoms with Gasteiger partial charge in [0.1, 0.15) is 0 Å². The highest BCUT2D eigenvalue weighted by Gasteiger charge is 2.08.